The third-order valence-corrected chi connectivity index (χ3v) is 5.51. The van der Waals surface area contributed by atoms with E-state index >= 15 is 0 Å². The standard InChI is InChI=1S/C21H30N2O3/c1-21(2,3)16-8-6-15(7-9-16)20(26)22-17-10-18(11-17)23(13-19(24)25)12-14-4-5-14/h6-9,14,17-18H,4-5,10-13H2,1-3H3,(H,22,26)(H,24,25). The minimum absolute atomic E-state index is 0.0408. The van der Waals surface area contributed by atoms with E-state index in [0.717, 1.165) is 19.4 Å². The third kappa shape index (κ3) is 4.85. The van der Waals surface area contributed by atoms with Crippen LogP contribution in [0.2, 0.25) is 0 Å². The maximum absolute atomic E-state index is 12.4. The number of amides is 1. The van der Waals surface area contributed by atoms with E-state index in [0.29, 0.717) is 11.5 Å². The Morgan fingerprint density at radius 3 is 2.27 bits per heavy atom. The summed E-state index contributed by atoms with van der Waals surface area (Å²) in [6.45, 7) is 7.45. The molecule has 2 saturated carbocycles. The van der Waals surface area contributed by atoms with Crippen LogP contribution in [0, 0.1) is 5.92 Å². The van der Waals surface area contributed by atoms with E-state index in [1.807, 2.05) is 24.3 Å². The fourth-order valence-electron chi connectivity index (χ4n) is 3.54. The summed E-state index contributed by atoms with van der Waals surface area (Å²) >= 11 is 0. The van der Waals surface area contributed by atoms with E-state index in [1.54, 1.807) is 0 Å². The minimum atomic E-state index is -0.767. The molecule has 0 heterocycles. The van der Waals surface area contributed by atoms with E-state index in [4.69, 9.17) is 5.11 Å². The molecule has 0 spiro atoms. The monoisotopic (exact) mass is 358 g/mol. The number of hydrogen-bond acceptors (Lipinski definition) is 3. The Morgan fingerprint density at radius 1 is 1.15 bits per heavy atom. The number of benzene rings is 1. The molecular weight excluding hydrogens is 328 g/mol. The number of nitrogens with zero attached hydrogens (tertiary/aromatic N) is 1. The lowest BCUT2D eigenvalue weighted by Gasteiger charge is -2.42. The van der Waals surface area contributed by atoms with Gasteiger partial charge in [-0.25, -0.2) is 0 Å². The van der Waals surface area contributed by atoms with Crippen LogP contribution in [-0.2, 0) is 10.2 Å². The van der Waals surface area contributed by atoms with Crippen molar-refractivity contribution in [2.45, 2.75) is 64.0 Å². The summed E-state index contributed by atoms with van der Waals surface area (Å²) in [5.41, 5.74) is 1.97. The van der Waals surface area contributed by atoms with Crippen molar-refractivity contribution in [1.82, 2.24) is 10.2 Å². The number of carbonyl (C=O) groups is 2. The molecular formula is C21H30N2O3. The second-order valence-corrected chi connectivity index (χ2v) is 8.89. The molecule has 3 rings (SSSR count). The highest BCUT2D eigenvalue weighted by Gasteiger charge is 2.37. The van der Waals surface area contributed by atoms with Crippen LogP contribution in [0.25, 0.3) is 0 Å². The van der Waals surface area contributed by atoms with Crippen molar-refractivity contribution < 1.29 is 14.7 Å². The molecule has 1 aromatic carbocycles. The quantitative estimate of drug-likeness (QED) is 0.786. The smallest absolute Gasteiger partial charge is 0.317 e. The van der Waals surface area contributed by atoms with Crippen molar-refractivity contribution in [1.29, 1.82) is 0 Å². The fourth-order valence-corrected chi connectivity index (χ4v) is 3.54. The highest BCUT2D eigenvalue weighted by atomic mass is 16.4. The Balaban J connectivity index is 1.49. The van der Waals surface area contributed by atoms with Crippen LogP contribution in [0.1, 0.15) is 62.4 Å². The van der Waals surface area contributed by atoms with E-state index in [1.165, 1.54) is 18.4 Å². The lowest BCUT2D eigenvalue weighted by Crippen LogP contribution is -2.55. The average Bonchev–Trinajstić information content (AvgIpc) is 3.32. The van der Waals surface area contributed by atoms with Gasteiger partial charge in [0.1, 0.15) is 0 Å². The summed E-state index contributed by atoms with van der Waals surface area (Å²) in [7, 11) is 0. The summed E-state index contributed by atoms with van der Waals surface area (Å²) in [6.07, 6.45) is 4.11. The largest absolute Gasteiger partial charge is 0.480 e. The molecule has 0 bridgehead atoms. The van der Waals surface area contributed by atoms with Gasteiger partial charge in [0.2, 0.25) is 0 Å². The van der Waals surface area contributed by atoms with Gasteiger partial charge in [0.25, 0.3) is 5.91 Å². The van der Waals surface area contributed by atoms with Gasteiger partial charge in [-0.05, 0) is 54.7 Å². The van der Waals surface area contributed by atoms with Crippen LogP contribution in [0.3, 0.4) is 0 Å². The molecule has 0 aliphatic heterocycles. The Kier molecular flexibility index (Phi) is 5.37. The van der Waals surface area contributed by atoms with Gasteiger partial charge in [-0.2, -0.15) is 0 Å². The van der Waals surface area contributed by atoms with Crippen molar-refractivity contribution >= 4 is 11.9 Å². The summed E-state index contributed by atoms with van der Waals surface area (Å²) < 4.78 is 0. The van der Waals surface area contributed by atoms with Crippen LogP contribution in [0.15, 0.2) is 24.3 Å². The Morgan fingerprint density at radius 2 is 1.77 bits per heavy atom. The molecule has 5 heteroatoms. The van der Waals surface area contributed by atoms with Crippen molar-refractivity contribution in [3.8, 4) is 0 Å². The third-order valence-electron chi connectivity index (χ3n) is 5.51. The number of carboxylic acids is 1. The van der Waals surface area contributed by atoms with Gasteiger partial charge in [-0.1, -0.05) is 32.9 Å². The van der Waals surface area contributed by atoms with Gasteiger partial charge in [-0.15, -0.1) is 0 Å². The van der Waals surface area contributed by atoms with Crippen LogP contribution < -0.4 is 5.32 Å². The zero-order valence-corrected chi connectivity index (χ0v) is 16.0. The van der Waals surface area contributed by atoms with Crippen molar-refractivity contribution in [3.05, 3.63) is 35.4 Å². The maximum Gasteiger partial charge on any atom is 0.317 e. The molecule has 0 aromatic heterocycles. The maximum atomic E-state index is 12.4. The topological polar surface area (TPSA) is 69.6 Å². The van der Waals surface area contributed by atoms with Crippen molar-refractivity contribution in [2.75, 3.05) is 13.1 Å². The van der Waals surface area contributed by atoms with Gasteiger partial charge in [0, 0.05) is 24.2 Å². The highest BCUT2D eigenvalue weighted by Crippen LogP contribution is 2.33. The van der Waals surface area contributed by atoms with Crippen LogP contribution in [0.5, 0.6) is 0 Å². The first kappa shape index (κ1) is 18.9. The molecule has 0 unspecified atom stereocenters. The van der Waals surface area contributed by atoms with Gasteiger partial charge in [0.15, 0.2) is 0 Å². The summed E-state index contributed by atoms with van der Waals surface area (Å²) in [6, 6.07) is 8.22. The molecule has 1 amide bonds. The lowest BCUT2D eigenvalue weighted by molar-refractivity contribution is -0.139. The first-order valence-corrected chi connectivity index (χ1v) is 9.59. The first-order valence-electron chi connectivity index (χ1n) is 9.59. The fraction of sp³-hybridized carbons (Fsp3) is 0.619. The van der Waals surface area contributed by atoms with Crippen LogP contribution in [-0.4, -0.2) is 47.1 Å². The molecule has 2 aliphatic rings. The zero-order valence-electron chi connectivity index (χ0n) is 16.0. The van der Waals surface area contributed by atoms with Gasteiger partial charge in [-0.3, -0.25) is 14.5 Å². The Labute approximate surface area is 155 Å². The predicted octanol–water partition coefficient (Wildman–Crippen LogP) is 3.04. The number of carboxylic acid groups (broad SMARTS) is 1. The molecule has 26 heavy (non-hydrogen) atoms. The summed E-state index contributed by atoms with van der Waals surface area (Å²) in [5, 5.41) is 12.2. The zero-order chi connectivity index (χ0) is 18.9. The number of rotatable bonds is 7. The van der Waals surface area contributed by atoms with E-state index in [9.17, 15) is 9.59 Å². The molecule has 1 aromatic rings. The predicted molar refractivity (Wildman–Crippen MR) is 101 cm³/mol. The van der Waals surface area contributed by atoms with Gasteiger partial charge < -0.3 is 10.4 Å². The Hall–Kier alpha value is -1.88. The first-order chi connectivity index (χ1) is 12.2. The number of nitrogens with one attached hydrogen (secondary N) is 1. The average molecular weight is 358 g/mol. The van der Waals surface area contributed by atoms with E-state index in [-0.39, 0.29) is 30.0 Å². The van der Waals surface area contributed by atoms with E-state index in [2.05, 4.69) is 31.0 Å². The number of hydrogen-bond donors (Lipinski definition) is 2. The molecule has 0 radical (unpaired) electrons. The molecule has 0 atom stereocenters. The highest BCUT2D eigenvalue weighted by molar-refractivity contribution is 5.94. The van der Waals surface area contributed by atoms with Gasteiger partial charge in [0.05, 0.1) is 6.54 Å². The SMILES string of the molecule is CC(C)(C)c1ccc(C(=O)NC2CC(N(CC(=O)O)CC3CC3)C2)cc1. The van der Waals surface area contributed by atoms with Gasteiger partial charge >= 0.3 is 5.97 Å². The molecule has 2 aliphatic carbocycles. The van der Waals surface area contributed by atoms with Crippen molar-refractivity contribution in [3.63, 3.8) is 0 Å². The van der Waals surface area contributed by atoms with Crippen molar-refractivity contribution in [2.24, 2.45) is 5.92 Å². The summed E-state index contributed by atoms with van der Waals surface area (Å²) in [5.74, 6) is -0.137. The lowest BCUT2D eigenvalue weighted by atomic mass is 9.84. The van der Waals surface area contributed by atoms with E-state index < -0.39 is 5.97 Å². The Bertz CT molecular complexity index is 653. The summed E-state index contributed by atoms with van der Waals surface area (Å²) in [4.78, 5) is 25.6. The molecule has 5 nitrogen and oxygen atoms in total. The second kappa shape index (κ2) is 7.39. The number of carbonyl (C=O) groups excluding carboxylic acids is 1. The van der Waals surface area contributed by atoms with Crippen LogP contribution in [0.4, 0.5) is 0 Å². The number of aliphatic carboxylic acids is 1. The minimum Gasteiger partial charge on any atom is -0.480 e. The molecule has 0 saturated heterocycles. The molecule has 142 valence electrons. The molecule has 2 N–H and O–H groups in total. The normalized spacial score (nSPS) is 22.8. The second-order valence-electron chi connectivity index (χ2n) is 8.89. The van der Waals surface area contributed by atoms with Crippen LogP contribution >= 0.6 is 0 Å². The molecule has 2 fully saturated rings.